The lowest BCUT2D eigenvalue weighted by atomic mass is 10.1. The molecule has 104 valence electrons. The van der Waals surface area contributed by atoms with E-state index in [9.17, 15) is 4.79 Å². The monoisotopic (exact) mass is 310 g/mol. The lowest BCUT2D eigenvalue weighted by molar-refractivity contribution is 0.0988. The molecule has 5 nitrogen and oxygen atoms in total. The number of nitrogens with zero attached hydrogens (tertiary/aromatic N) is 3. The predicted octanol–water partition coefficient (Wildman–Crippen LogP) is 2.15. The van der Waals surface area contributed by atoms with Crippen LogP contribution in [0, 0.1) is 0 Å². The van der Waals surface area contributed by atoms with Gasteiger partial charge in [0.15, 0.2) is 5.78 Å². The number of nitrogens with one attached hydrogen (secondary N) is 1. The Labute approximate surface area is 125 Å². The molecule has 7 heteroatoms. The number of hydrogen-bond donors (Lipinski definition) is 1. The van der Waals surface area contributed by atoms with E-state index in [-0.39, 0.29) is 12.2 Å². The summed E-state index contributed by atoms with van der Waals surface area (Å²) in [7, 11) is 0. The van der Waals surface area contributed by atoms with Gasteiger partial charge >= 0.3 is 0 Å². The van der Waals surface area contributed by atoms with Crippen molar-refractivity contribution >= 4 is 29.0 Å². The molecule has 1 saturated heterocycles. The fraction of sp³-hybridized carbons (Fsp3) is 0.308. The van der Waals surface area contributed by atoms with Gasteiger partial charge in [-0.3, -0.25) is 4.79 Å². The molecule has 0 aliphatic carbocycles. The normalized spacial score (nSPS) is 15.1. The Bertz CT molecular complexity index is 652. The molecule has 0 saturated carbocycles. The minimum Gasteiger partial charge on any atom is -0.312 e. The molecule has 0 spiro atoms. The number of carbonyl (C=O) groups excluding carboxylic acids is 1. The van der Waals surface area contributed by atoms with Gasteiger partial charge in [0.25, 0.3) is 0 Å². The molecule has 2 aromatic rings. The molecule has 0 bridgehead atoms. The maximum Gasteiger partial charge on any atom is 0.189 e. The molecule has 3 rings (SSSR count). The maximum absolute atomic E-state index is 12.1. The van der Waals surface area contributed by atoms with Gasteiger partial charge in [0.05, 0.1) is 22.3 Å². The van der Waals surface area contributed by atoms with Gasteiger partial charge in [-0.2, -0.15) is 0 Å². The van der Waals surface area contributed by atoms with E-state index in [1.165, 1.54) is 0 Å². The van der Waals surface area contributed by atoms with Gasteiger partial charge in [-0.05, 0) is 17.7 Å². The number of rotatable bonds is 4. The Morgan fingerprint density at radius 2 is 2.15 bits per heavy atom. The highest BCUT2D eigenvalue weighted by atomic mass is 35.5. The summed E-state index contributed by atoms with van der Waals surface area (Å²) in [5.74, 6) is -0.0816. The van der Waals surface area contributed by atoms with E-state index in [0.29, 0.717) is 21.8 Å². The highest BCUT2D eigenvalue weighted by Gasteiger charge is 2.21. The zero-order valence-electron chi connectivity index (χ0n) is 10.5. The Hall–Kier alpha value is -1.43. The van der Waals surface area contributed by atoms with Crippen LogP contribution >= 0.6 is 23.2 Å². The van der Waals surface area contributed by atoms with Crippen molar-refractivity contribution in [3.05, 3.63) is 45.7 Å². The molecule has 1 aromatic carbocycles. The van der Waals surface area contributed by atoms with Gasteiger partial charge in [-0.1, -0.05) is 34.5 Å². The van der Waals surface area contributed by atoms with Crippen molar-refractivity contribution in [1.29, 1.82) is 0 Å². The van der Waals surface area contributed by atoms with Gasteiger partial charge in [0, 0.05) is 19.5 Å². The van der Waals surface area contributed by atoms with Crippen molar-refractivity contribution < 1.29 is 4.79 Å². The number of carbonyl (C=O) groups is 1. The average molecular weight is 311 g/mol. The van der Waals surface area contributed by atoms with Crippen molar-refractivity contribution in [2.45, 2.75) is 12.5 Å². The molecule has 2 heterocycles. The Balaban J connectivity index is 1.71. The van der Waals surface area contributed by atoms with Crippen molar-refractivity contribution in [2.75, 3.05) is 13.1 Å². The second-order valence-corrected chi connectivity index (χ2v) is 5.56. The first-order valence-corrected chi connectivity index (χ1v) is 6.99. The Kier molecular flexibility index (Phi) is 3.74. The lowest BCUT2D eigenvalue weighted by Gasteiger charge is -2.26. The molecular weight excluding hydrogens is 299 g/mol. The van der Waals surface area contributed by atoms with Crippen molar-refractivity contribution in [3.63, 3.8) is 0 Å². The summed E-state index contributed by atoms with van der Waals surface area (Å²) in [6.07, 6.45) is 1.93. The molecule has 1 fully saturated rings. The number of ketones is 1. The molecule has 20 heavy (non-hydrogen) atoms. The molecule has 1 N–H and O–H groups in total. The summed E-state index contributed by atoms with van der Waals surface area (Å²) in [5, 5.41) is 12.0. The van der Waals surface area contributed by atoms with E-state index in [1.807, 2.05) is 0 Å². The molecule has 1 aliphatic rings. The topological polar surface area (TPSA) is 59.8 Å². The van der Waals surface area contributed by atoms with Crippen LogP contribution in [0.1, 0.15) is 22.1 Å². The fourth-order valence-electron chi connectivity index (χ4n) is 1.97. The van der Waals surface area contributed by atoms with E-state index in [1.54, 1.807) is 29.1 Å². The fourth-order valence-corrected chi connectivity index (χ4v) is 2.29. The van der Waals surface area contributed by atoms with Crippen LogP contribution in [0.3, 0.4) is 0 Å². The third-order valence-corrected chi connectivity index (χ3v) is 4.02. The highest BCUT2D eigenvalue weighted by molar-refractivity contribution is 6.42. The smallest absolute Gasteiger partial charge is 0.189 e. The van der Waals surface area contributed by atoms with Crippen LogP contribution < -0.4 is 5.32 Å². The zero-order valence-corrected chi connectivity index (χ0v) is 12.0. The number of Topliss-reactive ketones (excluding diaryl/α,β-unsaturated/α-hetero) is 1. The second-order valence-electron chi connectivity index (χ2n) is 4.74. The number of halogens is 2. The average Bonchev–Trinajstić information content (AvgIpc) is 2.81. The summed E-state index contributed by atoms with van der Waals surface area (Å²) in [6, 6.07) is 5.46. The second kappa shape index (κ2) is 5.52. The minimum atomic E-state index is -0.0816. The van der Waals surface area contributed by atoms with Crippen LogP contribution in [-0.4, -0.2) is 33.9 Å². The van der Waals surface area contributed by atoms with Crippen LogP contribution in [-0.2, 0) is 6.42 Å². The highest BCUT2D eigenvalue weighted by Crippen LogP contribution is 2.23. The van der Waals surface area contributed by atoms with Gasteiger partial charge in [0.1, 0.15) is 5.69 Å². The molecule has 0 unspecified atom stereocenters. The Morgan fingerprint density at radius 1 is 1.35 bits per heavy atom. The number of aromatic nitrogens is 3. The number of hydrogen-bond acceptors (Lipinski definition) is 4. The van der Waals surface area contributed by atoms with Gasteiger partial charge < -0.3 is 5.32 Å². The predicted molar refractivity (Wildman–Crippen MR) is 76.4 cm³/mol. The summed E-state index contributed by atoms with van der Waals surface area (Å²) in [4.78, 5) is 12.1. The van der Waals surface area contributed by atoms with Gasteiger partial charge in [-0.15, -0.1) is 5.10 Å². The maximum atomic E-state index is 12.1. The molecule has 0 radical (unpaired) electrons. The van der Waals surface area contributed by atoms with E-state index in [2.05, 4.69) is 15.6 Å². The summed E-state index contributed by atoms with van der Waals surface area (Å²) in [5.41, 5.74) is 1.19. The zero-order chi connectivity index (χ0) is 14.1. The first kappa shape index (κ1) is 13.5. The Morgan fingerprint density at radius 3 is 2.80 bits per heavy atom. The van der Waals surface area contributed by atoms with E-state index in [0.717, 1.165) is 18.7 Å². The van der Waals surface area contributed by atoms with Crippen LogP contribution in [0.5, 0.6) is 0 Å². The van der Waals surface area contributed by atoms with Crippen LogP contribution in [0.4, 0.5) is 0 Å². The van der Waals surface area contributed by atoms with Crippen molar-refractivity contribution in [1.82, 2.24) is 20.3 Å². The van der Waals surface area contributed by atoms with Crippen LogP contribution in [0.15, 0.2) is 24.4 Å². The molecule has 0 amide bonds. The first-order chi connectivity index (χ1) is 9.63. The van der Waals surface area contributed by atoms with Gasteiger partial charge in [0.2, 0.25) is 0 Å². The summed E-state index contributed by atoms with van der Waals surface area (Å²) >= 11 is 11.8. The van der Waals surface area contributed by atoms with Crippen LogP contribution in [0.2, 0.25) is 10.0 Å². The molecular formula is C13H12Cl2N4O. The number of benzene rings is 1. The van der Waals surface area contributed by atoms with E-state index in [4.69, 9.17) is 23.2 Å². The van der Waals surface area contributed by atoms with Crippen molar-refractivity contribution in [2.24, 2.45) is 0 Å². The summed E-state index contributed by atoms with van der Waals surface area (Å²) in [6.45, 7) is 1.73. The first-order valence-electron chi connectivity index (χ1n) is 6.23. The molecule has 1 aliphatic heterocycles. The quantitative estimate of drug-likeness (QED) is 0.879. The molecule has 0 atom stereocenters. The molecule has 1 aromatic heterocycles. The lowest BCUT2D eigenvalue weighted by Crippen LogP contribution is -2.43. The van der Waals surface area contributed by atoms with Crippen molar-refractivity contribution in [3.8, 4) is 0 Å². The van der Waals surface area contributed by atoms with Gasteiger partial charge in [-0.25, -0.2) is 4.68 Å². The largest absolute Gasteiger partial charge is 0.312 e. The third kappa shape index (κ3) is 2.70. The van der Waals surface area contributed by atoms with E-state index < -0.39 is 0 Å². The van der Waals surface area contributed by atoms with E-state index >= 15 is 0 Å². The van der Waals surface area contributed by atoms with Crippen LogP contribution in [0.25, 0.3) is 0 Å². The SMILES string of the molecule is O=C(Cc1ccc(Cl)c(Cl)c1)c1cn(C2CNC2)nn1. The third-order valence-electron chi connectivity index (χ3n) is 3.28. The minimum absolute atomic E-state index is 0.0816. The summed E-state index contributed by atoms with van der Waals surface area (Å²) < 4.78 is 1.73. The standard InChI is InChI=1S/C13H12Cl2N4O/c14-10-2-1-8(3-11(10)15)4-13(20)12-7-19(18-17-12)9-5-16-6-9/h1-3,7,9,16H,4-6H2.